The zero-order valence-corrected chi connectivity index (χ0v) is 29.9. The van der Waals surface area contributed by atoms with E-state index >= 15 is 0 Å². The van der Waals surface area contributed by atoms with E-state index in [0.717, 1.165) is 88.3 Å². The second kappa shape index (κ2) is 13.0. The SMILES string of the molecule is c1ccc(-c2nc(-c3ccccc3)nc(-c3ccc(-c4ccc(-c5ccc(-c6nc7c(ccc8oc9ccccc9c87)o6)c6ccccc56)cc4)cc3)n2)cc1. The molecule has 3 heterocycles. The summed E-state index contributed by atoms with van der Waals surface area (Å²) in [6, 6.07) is 61.9. The number of hydrogen-bond donors (Lipinski definition) is 0. The van der Waals surface area contributed by atoms with E-state index in [2.05, 4.69) is 91.0 Å². The van der Waals surface area contributed by atoms with Crippen molar-refractivity contribution in [3.8, 4) is 67.9 Å². The van der Waals surface area contributed by atoms with E-state index in [4.69, 9.17) is 28.8 Å². The van der Waals surface area contributed by atoms with Crippen LogP contribution in [0.3, 0.4) is 0 Å². The van der Waals surface area contributed by atoms with Gasteiger partial charge in [0, 0.05) is 27.6 Å². The van der Waals surface area contributed by atoms with Crippen molar-refractivity contribution >= 4 is 43.8 Å². The monoisotopic (exact) mass is 718 g/mol. The van der Waals surface area contributed by atoms with Crippen LogP contribution in [0, 0.1) is 0 Å². The molecule has 6 nitrogen and oxygen atoms in total. The van der Waals surface area contributed by atoms with Crippen LogP contribution in [0.2, 0.25) is 0 Å². The van der Waals surface area contributed by atoms with Gasteiger partial charge in [-0.15, -0.1) is 0 Å². The molecule has 56 heavy (non-hydrogen) atoms. The predicted molar refractivity (Wildman–Crippen MR) is 225 cm³/mol. The molecule has 0 saturated heterocycles. The van der Waals surface area contributed by atoms with Crippen LogP contribution in [0.1, 0.15) is 0 Å². The lowest BCUT2D eigenvalue weighted by atomic mass is 9.93. The van der Waals surface area contributed by atoms with Crippen molar-refractivity contribution in [3.63, 3.8) is 0 Å². The Balaban J connectivity index is 0.916. The Kier molecular flexibility index (Phi) is 7.38. The number of nitrogens with zero attached hydrogens (tertiary/aromatic N) is 4. The first-order valence-electron chi connectivity index (χ1n) is 18.5. The number of hydrogen-bond acceptors (Lipinski definition) is 6. The normalized spacial score (nSPS) is 11.6. The van der Waals surface area contributed by atoms with Crippen molar-refractivity contribution in [2.75, 3.05) is 0 Å². The quantitative estimate of drug-likeness (QED) is 0.170. The van der Waals surface area contributed by atoms with E-state index in [1.165, 1.54) is 0 Å². The molecule has 0 atom stereocenters. The van der Waals surface area contributed by atoms with Crippen molar-refractivity contribution in [2.24, 2.45) is 0 Å². The van der Waals surface area contributed by atoms with E-state index in [1.807, 2.05) is 91.0 Å². The number of fused-ring (bicyclic) bond motifs is 6. The molecule has 6 heteroatoms. The Hall–Kier alpha value is -7.70. The third-order valence-electron chi connectivity index (χ3n) is 10.4. The first kappa shape index (κ1) is 31.8. The minimum absolute atomic E-state index is 0.587. The van der Waals surface area contributed by atoms with Gasteiger partial charge in [0.15, 0.2) is 23.1 Å². The average molecular weight is 719 g/mol. The minimum atomic E-state index is 0.587. The molecule has 262 valence electrons. The van der Waals surface area contributed by atoms with Gasteiger partial charge in [-0.3, -0.25) is 0 Å². The van der Waals surface area contributed by atoms with Crippen LogP contribution in [0.15, 0.2) is 191 Å². The van der Waals surface area contributed by atoms with Crippen LogP contribution in [0.5, 0.6) is 0 Å². The van der Waals surface area contributed by atoms with Crippen molar-refractivity contribution in [1.29, 1.82) is 0 Å². The van der Waals surface area contributed by atoms with Gasteiger partial charge >= 0.3 is 0 Å². The lowest BCUT2D eigenvalue weighted by Crippen LogP contribution is -2.00. The molecule has 0 saturated carbocycles. The van der Waals surface area contributed by atoms with Gasteiger partial charge < -0.3 is 8.83 Å². The highest BCUT2D eigenvalue weighted by atomic mass is 16.4. The Morgan fingerprint density at radius 3 is 1.38 bits per heavy atom. The summed E-state index contributed by atoms with van der Waals surface area (Å²) in [4.78, 5) is 19.7. The van der Waals surface area contributed by atoms with E-state index in [-0.39, 0.29) is 0 Å². The fourth-order valence-electron chi connectivity index (χ4n) is 7.65. The van der Waals surface area contributed by atoms with E-state index in [9.17, 15) is 0 Å². The summed E-state index contributed by atoms with van der Waals surface area (Å²) in [5, 5.41) is 4.22. The van der Waals surface area contributed by atoms with E-state index in [1.54, 1.807) is 0 Å². The van der Waals surface area contributed by atoms with Crippen molar-refractivity contribution in [2.45, 2.75) is 0 Å². The van der Waals surface area contributed by atoms with Crippen LogP contribution in [0.4, 0.5) is 0 Å². The third-order valence-corrected chi connectivity index (χ3v) is 10.4. The van der Waals surface area contributed by atoms with Gasteiger partial charge in [0.05, 0.1) is 5.39 Å². The highest BCUT2D eigenvalue weighted by molar-refractivity contribution is 6.17. The van der Waals surface area contributed by atoms with Gasteiger partial charge in [0.1, 0.15) is 16.7 Å². The Morgan fingerprint density at radius 2 is 0.750 bits per heavy atom. The second-order valence-electron chi connectivity index (χ2n) is 13.8. The summed E-state index contributed by atoms with van der Waals surface area (Å²) < 4.78 is 12.5. The lowest BCUT2D eigenvalue weighted by molar-refractivity contribution is 0.620. The zero-order chi connectivity index (χ0) is 37.0. The van der Waals surface area contributed by atoms with Crippen molar-refractivity contribution in [1.82, 2.24) is 19.9 Å². The number of oxazole rings is 1. The first-order valence-corrected chi connectivity index (χ1v) is 18.5. The summed E-state index contributed by atoms with van der Waals surface area (Å²) in [6.07, 6.45) is 0. The minimum Gasteiger partial charge on any atom is -0.456 e. The topological polar surface area (TPSA) is 77.8 Å². The van der Waals surface area contributed by atoms with E-state index < -0.39 is 0 Å². The van der Waals surface area contributed by atoms with Crippen molar-refractivity contribution in [3.05, 3.63) is 182 Å². The Morgan fingerprint density at radius 1 is 0.286 bits per heavy atom. The van der Waals surface area contributed by atoms with Crippen LogP contribution in [-0.4, -0.2) is 19.9 Å². The molecule has 0 aliphatic heterocycles. The highest BCUT2D eigenvalue weighted by Crippen LogP contribution is 2.40. The standard InChI is InChI=1S/C50H30N4O2/c1-3-11-34(12-4-1)47-52-48(35-13-5-2-6-14-35)54-49(53-47)36-25-21-32(22-26-36)31-19-23-33(24-20-31)37-27-28-40(39-16-8-7-15-38(37)39)50-51-46-44(56-50)30-29-43-45(46)41-17-9-10-18-42(41)55-43/h1-30H. The summed E-state index contributed by atoms with van der Waals surface area (Å²) in [5.74, 6) is 2.51. The summed E-state index contributed by atoms with van der Waals surface area (Å²) >= 11 is 0. The number of benzene rings is 8. The molecule has 0 spiro atoms. The van der Waals surface area contributed by atoms with E-state index in [0.29, 0.717) is 23.4 Å². The number of aromatic nitrogens is 4. The zero-order valence-electron chi connectivity index (χ0n) is 29.9. The molecular weight excluding hydrogens is 689 g/mol. The molecular formula is C50H30N4O2. The fraction of sp³-hybridized carbons (Fsp3) is 0. The second-order valence-corrected chi connectivity index (χ2v) is 13.8. The first-order chi connectivity index (χ1) is 27.7. The Labute approximate surface area is 321 Å². The summed E-state index contributed by atoms with van der Waals surface area (Å²) in [7, 11) is 0. The van der Waals surface area contributed by atoms with Gasteiger partial charge in [0.25, 0.3) is 0 Å². The molecule has 0 radical (unpaired) electrons. The summed E-state index contributed by atoms with van der Waals surface area (Å²) in [6.45, 7) is 0. The lowest BCUT2D eigenvalue weighted by Gasteiger charge is -2.11. The number of furan rings is 1. The van der Waals surface area contributed by atoms with Crippen LogP contribution in [0.25, 0.3) is 112 Å². The molecule has 0 aliphatic carbocycles. The van der Waals surface area contributed by atoms with Gasteiger partial charge in [0.2, 0.25) is 5.89 Å². The molecule has 0 amide bonds. The van der Waals surface area contributed by atoms with Crippen LogP contribution >= 0.6 is 0 Å². The maximum absolute atomic E-state index is 6.42. The Bertz CT molecular complexity index is 3170. The summed E-state index contributed by atoms with van der Waals surface area (Å²) in [5.41, 5.74) is 11.5. The van der Waals surface area contributed by atoms with Gasteiger partial charge in [-0.05, 0) is 57.3 Å². The molecule has 0 bridgehead atoms. The maximum Gasteiger partial charge on any atom is 0.227 e. The highest BCUT2D eigenvalue weighted by Gasteiger charge is 2.19. The molecule has 8 aromatic carbocycles. The molecule has 11 aromatic rings. The molecule has 11 rings (SSSR count). The van der Waals surface area contributed by atoms with Gasteiger partial charge in [-0.2, -0.15) is 0 Å². The molecule has 3 aromatic heterocycles. The van der Waals surface area contributed by atoms with Crippen molar-refractivity contribution < 1.29 is 8.83 Å². The largest absolute Gasteiger partial charge is 0.456 e. The molecule has 0 unspecified atom stereocenters. The van der Waals surface area contributed by atoms with Gasteiger partial charge in [-0.25, -0.2) is 19.9 Å². The third kappa shape index (κ3) is 5.43. The van der Waals surface area contributed by atoms with Crippen LogP contribution < -0.4 is 0 Å². The van der Waals surface area contributed by atoms with Crippen LogP contribution in [-0.2, 0) is 0 Å². The average Bonchev–Trinajstić information content (AvgIpc) is 3.88. The predicted octanol–water partition coefficient (Wildman–Crippen LogP) is 13.1. The fourth-order valence-corrected chi connectivity index (χ4v) is 7.65. The molecule has 0 N–H and O–H groups in total. The maximum atomic E-state index is 6.42. The molecule has 0 fully saturated rings. The number of para-hydroxylation sites is 1. The van der Waals surface area contributed by atoms with Gasteiger partial charge in [-0.1, -0.05) is 158 Å². The number of rotatable bonds is 6. The smallest absolute Gasteiger partial charge is 0.227 e. The molecule has 0 aliphatic rings.